The monoisotopic (exact) mass is 190 g/mol. The summed E-state index contributed by atoms with van der Waals surface area (Å²) in [5.41, 5.74) is 0. The Balaban J connectivity index is 2.01. The first-order chi connectivity index (χ1) is 5.31. The fraction of sp³-hybridized carbons (Fsp3) is 1.00. The third kappa shape index (κ3) is 2.59. The van der Waals surface area contributed by atoms with Crippen LogP contribution in [0.15, 0.2) is 0 Å². The van der Waals surface area contributed by atoms with Gasteiger partial charge in [-0.15, -0.1) is 0 Å². The molecule has 1 aliphatic rings. The topological polar surface area (TPSA) is 0 Å². The molecule has 11 heavy (non-hydrogen) atoms. The molecule has 1 fully saturated rings. The first-order valence-electron chi connectivity index (χ1n) is 4.55. The second kappa shape index (κ2) is 4.66. The van der Waals surface area contributed by atoms with Gasteiger partial charge < -0.3 is 0 Å². The molecule has 0 heterocycles. The van der Waals surface area contributed by atoms with Crippen molar-refractivity contribution in [1.82, 2.24) is 0 Å². The van der Waals surface area contributed by atoms with Crippen molar-refractivity contribution in [2.24, 2.45) is 17.8 Å². The van der Waals surface area contributed by atoms with Gasteiger partial charge in [-0.25, -0.2) is 0 Å². The van der Waals surface area contributed by atoms with Crippen molar-refractivity contribution in [2.75, 3.05) is 11.5 Å². The SMILES string of the molecule is CCSSCC1C(C)C1CC. The molecular formula is C9H18S2. The highest BCUT2D eigenvalue weighted by atomic mass is 33.1. The summed E-state index contributed by atoms with van der Waals surface area (Å²) in [5.74, 6) is 5.76. The standard InChI is InChI=1S/C9H18S2/c1-4-8-7(3)9(8)6-11-10-5-2/h7-9H,4-6H2,1-3H3. The lowest BCUT2D eigenvalue weighted by Crippen LogP contribution is -1.83. The first-order valence-corrected chi connectivity index (χ1v) is 7.04. The average molecular weight is 190 g/mol. The molecule has 1 saturated carbocycles. The highest BCUT2D eigenvalue weighted by Gasteiger charge is 2.44. The van der Waals surface area contributed by atoms with Gasteiger partial charge in [-0.05, 0) is 17.8 Å². The molecule has 1 rings (SSSR count). The zero-order chi connectivity index (χ0) is 8.27. The normalized spacial score (nSPS) is 35.7. The van der Waals surface area contributed by atoms with E-state index >= 15 is 0 Å². The minimum atomic E-state index is 1.02. The van der Waals surface area contributed by atoms with Crippen LogP contribution in [0.1, 0.15) is 27.2 Å². The van der Waals surface area contributed by atoms with E-state index in [1.165, 1.54) is 17.9 Å². The minimum Gasteiger partial charge on any atom is -0.0944 e. The molecule has 3 atom stereocenters. The van der Waals surface area contributed by atoms with Crippen molar-refractivity contribution in [3.05, 3.63) is 0 Å². The van der Waals surface area contributed by atoms with Crippen LogP contribution in [-0.4, -0.2) is 11.5 Å². The predicted octanol–water partition coefficient (Wildman–Crippen LogP) is 3.68. The molecule has 3 unspecified atom stereocenters. The molecular weight excluding hydrogens is 172 g/mol. The highest BCUT2D eigenvalue weighted by Crippen LogP contribution is 2.50. The van der Waals surface area contributed by atoms with Gasteiger partial charge in [0, 0.05) is 11.5 Å². The van der Waals surface area contributed by atoms with Gasteiger partial charge in [0.25, 0.3) is 0 Å². The molecule has 0 nitrogen and oxygen atoms in total. The van der Waals surface area contributed by atoms with E-state index < -0.39 is 0 Å². The van der Waals surface area contributed by atoms with Gasteiger partial charge in [0.05, 0.1) is 0 Å². The van der Waals surface area contributed by atoms with E-state index in [1.807, 2.05) is 10.8 Å². The number of hydrogen-bond donors (Lipinski definition) is 0. The number of hydrogen-bond acceptors (Lipinski definition) is 2. The molecule has 0 saturated heterocycles. The second-order valence-corrected chi connectivity index (χ2v) is 6.08. The van der Waals surface area contributed by atoms with Crippen LogP contribution in [0.4, 0.5) is 0 Å². The minimum absolute atomic E-state index is 1.02. The summed E-state index contributed by atoms with van der Waals surface area (Å²) in [4.78, 5) is 0. The Hall–Kier alpha value is 0.700. The summed E-state index contributed by atoms with van der Waals surface area (Å²) in [6.07, 6.45) is 1.39. The lowest BCUT2D eigenvalue weighted by Gasteiger charge is -1.95. The molecule has 0 spiro atoms. The molecule has 0 N–H and O–H groups in total. The fourth-order valence-electron chi connectivity index (χ4n) is 1.80. The Kier molecular flexibility index (Phi) is 4.14. The molecule has 0 aromatic rings. The lowest BCUT2D eigenvalue weighted by molar-refractivity contribution is 0.709. The zero-order valence-electron chi connectivity index (χ0n) is 7.67. The summed E-state index contributed by atoms with van der Waals surface area (Å²) in [6, 6.07) is 0. The summed E-state index contributed by atoms with van der Waals surface area (Å²) >= 11 is 0. The summed E-state index contributed by atoms with van der Waals surface area (Å²) in [6.45, 7) is 6.94. The lowest BCUT2D eigenvalue weighted by atomic mass is 10.3. The van der Waals surface area contributed by atoms with Gasteiger partial charge in [0.1, 0.15) is 0 Å². The van der Waals surface area contributed by atoms with Crippen molar-refractivity contribution in [3.63, 3.8) is 0 Å². The van der Waals surface area contributed by atoms with Crippen LogP contribution in [0, 0.1) is 17.8 Å². The Morgan fingerprint density at radius 2 is 1.82 bits per heavy atom. The van der Waals surface area contributed by atoms with Crippen molar-refractivity contribution < 1.29 is 0 Å². The van der Waals surface area contributed by atoms with Crippen LogP contribution >= 0.6 is 21.6 Å². The van der Waals surface area contributed by atoms with E-state index in [0.717, 1.165) is 17.8 Å². The summed E-state index contributed by atoms with van der Waals surface area (Å²) in [5, 5.41) is 0. The van der Waals surface area contributed by atoms with E-state index in [-0.39, 0.29) is 0 Å². The van der Waals surface area contributed by atoms with Gasteiger partial charge in [-0.3, -0.25) is 0 Å². The maximum Gasteiger partial charge on any atom is 0.00707 e. The largest absolute Gasteiger partial charge is 0.0944 e. The molecule has 0 bridgehead atoms. The Morgan fingerprint density at radius 3 is 2.27 bits per heavy atom. The van der Waals surface area contributed by atoms with E-state index in [1.54, 1.807) is 0 Å². The van der Waals surface area contributed by atoms with Gasteiger partial charge in [0.2, 0.25) is 0 Å². The van der Waals surface area contributed by atoms with Crippen LogP contribution < -0.4 is 0 Å². The van der Waals surface area contributed by atoms with Crippen molar-refractivity contribution in [2.45, 2.75) is 27.2 Å². The maximum atomic E-state index is 2.40. The van der Waals surface area contributed by atoms with Gasteiger partial charge in [-0.2, -0.15) is 0 Å². The van der Waals surface area contributed by atoms with Crippen LogP contribution in [0.2, 0.25) is 0 Å². The fourth-order valence-corrected chi connectivity index (χ4v) is 4.03. The van der Waals surface area contributed by atoms with Crippen LogP contribution in [0.5, 0.6) is 0 Å². The first kappa shape index (κ1) is 9.79. The van der Waals surface area contributed by atoms with Gasteiger partial charge in [0.15, 0.2) is 0 Å². The molecule has 0 aromatic heterocycles. The van der Waals surface area contributed by atoms with Crippen molar-refractivity contribution >= 4 is 21.6 Å². The van der Waals surface area contributed by atoms with Crippen LogP contribution in [-0.2, 0) is 0 Å². The summed E-state index contributed by atoms with van der Waals surface area (Å²) < 4.78 is 0. The van der Waals surface area contributed by atoms with Gasteiger partial charge in [-0.1, -0.05) is 48.8 Å². The summed E-state index contributed by atoms with van der Waals surface area (Å²) in [7, 11) is 4.07. The molecule has 0 aliphatic heterocycles. The third-order valence-corrected chi connectivity index (χ3v) is 5.23. The van der Waals surface area contributed by atoms with E-state index in [0.29, 0.717) is 0 Å². The van der Waals surface area contributed by atoms with E-state index in [4.69, 9.17) is 0 Å². The predicted molar refractivity (Wildman–Crippen MR) is 57.0 cm³/mol. The van der Waals surface area contributed by atoms with Gasteiger partial charge >= 0.3 is 0 Å². The maximum absolute atomic E-state index is 2.40. The molecule has 66 valence electrons. The molecule has 0 radical (unpaired) electrons. The highest BCUT2D eigenvalue weighted by molar-refractivity contribution is 8.76. The van der Waals surface area contributed by atoms with E-state index in [2.05, 4.69) is 31.6 Å². The molecule has 2 heteroatoms. The van der Waals surface area contributed by atoms with Crippen molar-refractivity contribution in [1.29, 1.82) is 0 Å². The Morgan fingerprint density at radius 1 is 1.09 bits per heavy atom. The quantitative estimate of drug-likeness (QED) is 0.479. The Labute approximate surface area is 78.3 Å². The van der Waals surface area contributed by atoms with Crippen LogP contribution in [0.3, 0.4) is 0 Å². The second-order valence-electron chi connectivity index (χ2n) is 3.29. The van der Waals surface area contributed by atoms with E-state index in [9.17, 15) is 0 Å². The zero-order valence-corrected chi connectivity index (χ0v) is 9.30. The Bertz CT molecular complexity index is 114. The van der Waals surface area contributed by atoms with Crippen molar-refractivity contribution in [3.8, 4) is 0 Å². The molecule has 0 amide bonds. The average Bonchev–Trinajstić information content (AvgIpc) is 2.62. The smallest absolute Gasteiger partial charge is 0.00707 e. The number of rotatable bonds is 5. The molecule has 0 aromatic carbocycles. The van der Waals surface area contributed by atoms with Crippen LogP contribution in [0.25, 0.3) is 0 Å². The third-order valence-electron chi connectivity index (χ3n) is 2.69. The molecule has 1 aliphatic carbocycles.